The Labute approximate surface area is 130 Å². The minimum atomic E-state index is -0.225. The molecule has 0 aromatic carbocycles. The first-order valence-corrected chi connectivity index (χ1v) is 7.40. The van der Waals surface area contributed by atoms with Crippen LogP contribution in [0.15, 0.2) is 33.4 Å². The summed E-state index contributed by atoms with van der Waals surface area (Å²) in [6.45, 7) is 9.55. The molecule has 2 rings (SSSR count). The number of hydrogen-bond donors (Lipinski definition) is 1. The van der Waals surface area contributed by atoms with E-state index in [4.69, 9.17) is 8.94 Å². The number of likely N-dealkylation sites (N-methyl/N-ethyl adjacent to an activating group) is 1. The van der Waals surface area contributed by atoms with E-state index in [9.17, 15) is 4.79 Å². The molecule has 0 aliphatic rings. The highest BCUT2D eigenvalue weighted by Crippen LogP contribution is 2.21. The number of hydrogen-bond acceptors (Lipinski definition) is 5. The van der Waals surface area contributed by atoms with Crippen molar-refractivity contribution in [3.63, 3.8) is 0 Å². The normalized spacial score (nSPS) is 11.9. The molecule has 22 heavy (non-hydrogen) atoms. The second-order valence-corrected chi connectivity index (χ2v) is 6.26. The summed E-state index contributed by atoms with van der Waals surface area (Å²) in [5, 5.41) is 6.99. The monoisotopic (exact) mass is 305 g/mol. The molecule has 1 amide bonds. The molecule has 0 radical (unpaired) electrons. The first-order chi connectivity index (χ1) is 10.4. The van der Waals surface area contributed by atoms with Gasteiger partial charge in [-0.25, -0.2) is 0 Å². The Balaban J connectivity index is 1.94. The van der Waals surface area contributed by atoms with Crippen molar-refractivity contribution in [2.75, 3.05) is 13.1 Å². The second-order valence-electron chi connectivity index (χ2n) is 6.26. The van der Waals surface area contributed by atoms with Crippen LogP contribution in [0.3, 0.4) is 0 Å². The molecule has 0 atom stereocenters. The maximum Gasteiger partial charge on any atom is 0.234 e. The molecule has 0 saturated carbocycles. The van der Waals surface area contributed by atoms with Crippen LogP contribution in [0, 0.1) is 0 Å². The van der Waals surface area contributed by atoms with E-state index in [1.54, 1.807) is 12.3 Å². The number of nitrogens with one attached hydrogen (secondary N) is 1. The summed E-state index contributed by atoms with van der Waals surface area (Å²) in [7, 11) is 0. The molecule has 2 aromatic heterocycles. The predicted octanol–water partition coefficient (Wildman–Crippen LogP) is 2.67. The smallest absolute Gasteiger partial charge is 0.234 e. The van der Waals surface area contributed by atoms with E-state index < -0.39 is 0 Å². The fourth-order valence-electron chi connectivity index (χ4n) is 2.09. The number of rotatable bonds is 6. The molecule has 2 heterocycles. The largest absolute Gasteiger partial charge is 0.461 e. The predicted molar refractivity (Wildman–Crippen MR) is 83.1 cm³/mol. The zero-order valence-electron chi connectivity index (χ0n) is 13.5. The van der Waals surface area contributed by atoms with Gasteiger partial charge in [0.05, 0.1) is 18.5 Å². The summed E-state index contributed by atoms with van der Waals surface area (Å²) in [5.74, 6) is 1.24. The highest BCUT2D eigenvalue weighted by molar-refractivity contribution is 5.78. The van der Waals surface area contributed by atoms with Gasteiger partial charge in [0.25, 0.3) is 0 Å². The van der Waals surface area contributed by atoms with Crippen LogP contribution in [-0.2, 0) is 11.3 Å². The van der Waals surface area contributed by atoms with Crippen molar-refractivity contribution in [3.8, 4) is 11.5 Å². The Morgan fingerprint density at radius 1 is 1.36 bits per heavy atom. The van der Waals surface area contributed by atoms with Gasteiger partial charge >= 0.3 is 0 Å². The number of amides is 1. The fourth-order valence-corrected chi connectivity index (χ4v) is 2.09. The van der Waals surface area contributed by atoms with E-state index in [1.165, 1.54) is 0 Å². The fraction of sp³-hybridized carbons (Fsp3) is 0.500. The summed E-state index contributed by atoms with van der Waals surface area (Å²) in [4.78, 5) is 14.0. The lowest BCUT2D eigenvalue weighted by Crippen LogP contribution is -2.45. The number of carbonyl (C=O) groups excluding carboxylic acids is 1. The molecule has 0 aliphatic carbocycles. The SMILES string of the molecule is CCN(CC(=O)NC(C)(C)C)Cc1cc(-c2ccco2)on1. The lowest BCUT2D eigenvalue weighted by Gasteiger charge is -2.24. The lowest BCUT2D eigenvalue weighted by atomic mass is 10.1. The number of nitrogens with zero attached hydrogens (tertiary/aromatic N) is 2. The van der Waals surface area contributed by atoms with Crippen molar-refractivity contribution in [1.29, 1.82) is 0 Å². The third-order valence-electron chi connectivity index (χ3n) is 3.04. The molecule has 0 aliphatic heterocycles. The maximum atomic E-state index is 12.0. The van der Waals surface area contributed by atoms with Crippen LogP contribution in [0.5, 0.6) is 0 Å². The van der Waals surface area contributed by atoms with Gasteiger partial charge in [0, 0.05) is 18.2 Å². The van der Waals surface area contributed by atoms with Gasteiger partial charge in [0.1, 0.15) is 0 Å². The third kappa shape index (κ3) is 4.73. The Morgan fingerprint density at radius 2 is 2.14 bits per heavy atom. The third-order valence-corrected chi connectivity index (χ3v) is 3.04. The Morgan fingerprint density at radius 3 is 2.73 bits per heavy atom. The molecule has 120 valence electrons. The van der Waals surface area contributed by atoms with Crippen LogP contribution in [-0.4, -0.2) is 34.6 Å². The van der Waals surface area contributed by atoms with Crippen LogP contribution in [0.2, 0.25) is 0 Å². The average Bonchev–Trinajstić information content (AvgIpc) is 3.05. The zero-order chi connectivity index (χ0) is 16.2. The molecule has 6 heteroatoms. The number of furan rings is 1. The number of carbonyl (C=O) groups is 1. The summed E-state index contributed by atoms with van der Waals surface area (Å²) in [6.07, 6.45) is 1.59. The van der Waals surface area contributed by atoms with E-state index >= 15 is 0 Å². The van der Waals surface area contributed by atoms with E-state index in [0.717, 1.165) is 12.2 Å². The van der Waals surface area contributed by atoms with Crippen LogP contribution in [0.1, 0.15) is 33.4 Å². The van der Waals surface area contributed by atoms with Gasteiger partial charge in [-0.05, 0) is 39.4 Å². The molecule has 0 saturated heterocycles. The van der Waals surface area contributed by atoms with Gasteiger partial charge in [0.2, 0.25) is 11.7 Å². The Hall–Kier alpha value is -2.08. The van der Waals surface area contributed by atoms with Crippen molar-refractivity contribution >= 4 is 5.91 Å². The van der Waals surface area contributed by atoms with E-state index in [0.29, 0.717) is 24.6 Å². The molecule has 2 aromatic rings. The molecule has 0 fully saturated rings. The van der Waals surface area contributed by atoms with Crippen LogP contribution in [0.4, 0.5) is 0 Å². The summed E-state index contributed by atoms with van der Waals surface area (Å²) in [6, 6.07) is 5.45. The quantitative estimate of drug-likeness (QED) is 0.888. The summed E-state index contributed by atoms with van der Waals surface area (Å²) < 4.78 is 10.5. The minimum Gasteiger partial charge on any atom is -0.461 e. The average molecular weight is 305 g/mol. The van der Waals surface area contributed by atoms with Crippen molar-refractivity contribution in [2.24, 2.45) is 0 Å². The van der Waals surface area contributed by atoms with E-state index in [1.807, 2.05) is 44.7 Å². The van der Waals surface area contributed by atoms with E-state index in [-0.39, 0.29) is 11.4 Å². The summed E-state index contributed by atoms with van der Waals surface area (Å²) >= 11 is 0. The van der Waals surface area contributed by atoms with Crippen LogP contribution < -0.4 is 5.32 Å². The van der Waals surface area contributed by atoms with Crippen molar-refractivity contribution < 1.29 is 13.7 Å². The summed E-state index contributed by atoms with van der Waals surface area (Å²) in [5.41, 5.74) is 0.549. The van der Waals surface area contributed by atoms with Crippen molar-refractivity contribution in [3.05, 3.63) is 30.2 Å². The van der Waals surface area contributed by atoms with Gasteiger partial charge in [-0.3, -0.25) is 9.69 Å². The second kappa shape index (κ2) is 6.79. The van der Waals surface area contributed by atoms with Crippen LogP contribution in [0.25, 0.3) is 11.5 Å². The van der Waals surface area contributed by atoms with E-state index in [2.05, 4.69) is 10.5 Å². The van der Waals surface area contributed by atoms with Crippen molar-refractivity contribution in [2.45, 2.75) is 39.8 Å². The lowest BCUT2D eigenvalue weighted by molar-refractivity contribution is -0.123. The van der Waals surface area contributed by atoms with Gasteiger partial charge in [-0.2, -0.15) is 0 Å². The molecule has 0 spiro atoms. The molecular weight excluding hydrogens is 282 g/mol. The zero-order valence-corrected chi connectivity index (χ0v) is 13.5. The van der Waals surface area contributed by atoms with Gasteiger partial charge < -0.3 is 14.3 Å². The topological polar surface area (TPSA) is 71.5 Å². The first-order valence-electron chi connectivity index (χ1n) is 7.40. The molecule has 0 bridgehead atoms. The van der Waals surface area contributed by atoms with Gasteiger partial charge in [-0.1, -0.05) is 12.1 Å². The molecular formula is C16H23N3O3. The molecule has 0 unspecified atom stereocenters. The van der Waals surface area contributed by atoms with Crippen molar-refractivity contribution in [1.82, 2.24) is 15.4 Å². The number of aromatic nitrogens is 1. The minimum absolute atomic E-state index is 0.00380. The standard InChI is InChI=1S/C16H23N3O3/c1-5-19(11-15(20)17-16(2,3)4)10-12-9-14(22-18-12)13-7-6-8-21-13/h6-9H,5,10-11H2,1-4H3,(H,17,20). The highest BCUT2D eigenvalue weighted by atomic mass is 16.5. The Kier molecular flexibility index (Phi) is 5.03. The highest BCUT2D eigenvalue weighted by Gasteiger charge is 2.17. The van der Waals surface area contributed by atoms with Crippen LogP contribution >= 0.6 is 0 Å². The van der Waals surface area contributed by atoms with Gasteiger partial charge in [-0.15, -0.1) is 0 Å². The maximum absolute atomic E-state index is 12.0. The molecule has 6 nitrogen and oxygen atoms in total. The first kappa shape index (κ1) is 16.3. The van der Waals surface area contributed by atoms with Gasteiger partial charge in [0.15, 0.2) is 5.76 Å². The molecule has 1 N–H and O–H groups in total. The Bertz CT molecular complexity index is 596.